The standard InChI is InChI=1S/C13H17IN4/c1-2-9-18-12(7-8-16-18)13(17-15)10-3-5-11(14)6-4-10/h3-8,13,17H,2,9,15H2,1H3. The number of benzene rings is 1. The highest BCUT2D eigenvalue weighted by atomic mass is 127. The van der Waals surface area contributed by atoms with Crippen molar-refractivity contribution in [2.75, 3.05) is 0 Å². The molecule has 1 unspecified atom stereocenters. The van der Waals surface area contributed by atoms with Crippen LogP contribution in [0, 0.1) is 3.57 Å². The maximum Gasteiger partial charge on any atom is 0.0878 e. The topological polar surface area (TPSA) is 55.9 Å². The number of hydrogen-bond acceptors (Lipinski definition) is 3. The van der Waals surface area contributed by atoms with Gasteiger partial charge in [-0.15, -0.1) is 0 Å². The number of aryl methyl sites for hydroxylation is 1. The zero-order valence-corrected chi connectivity index (χ0v) is 12.5. The zero-order chi connectivity index (χ0) is 13.0. The van der Waals surface area contributed by atoms with Crippen molar-refractivity contribution in [2.45, 2.75) is 25.9 Å². The van der Waals surface area contributed by atoms with Crippen LogP contribution in [0.4, 0.5) is 0 Å². The smallest absolute Gasteiger partial charge is 0.0878 e. The number of rotatable bonds is 5. The molecule has 2 aromatic rings. The molecule has 0 spiro atoms. The summed E-state index contributed by atoms with van der Waals surface area (Å²) in [6.07, 6.45) is 2.88. The number of hydrazine groups is 1. The molecule has 0 aliphatic heterocycles. The summed E-state index contributed by atoms with van der Waals surface area (Å²) in [5.74, 6) is 5.71. The minimum absolute atomic E-state index is 0.0175. The van der Waals surface area contributed by atoms with E-state index in [1.54, 1.807) is 0 Å². The van der Waals surface area contributed by atoms with E-state index in [1.165, 1.54) is 3.57 Å². The third-order valence-corrected chi connectivity index (χ3v) is 3.57. The number of hydrogen-bond donors (Lipinski definition) is 2. The molecule has 0 aliphatic rings. The third-order valence-electron chi connectivity index (χ3n) is 2.85. The SMILES string of the molecule is CCCn1nccc1C(NN)c1ccc(I)cc1. The number of nitrogens with one attached hydrogen (secondary N) is 1. The van der Waals surface area contributed by atoms with Crippen LogP contribution in [0.5, 0.6) is 0 Å². The lowest BCUT2D eigenvalue weighted by Gasteiger charge is -2.18. The fourth-order valence-electron chi connectivity index (χ4n) is 1.99. The Morgan fingerprint density at radius 1 is 1.33 bits per heavy atom. The first-order chi connectivity index (χ1) is 8.76. The third kappa shape index (κ3) is 2.90. The number of nitrogens with zero attached hydrogens (tertiary/aromatic N) is 2. The first-order valence-electron chi connectivity index (χ1n) is 5.99. The number of nitrogens with two attached hydrogens (primary N) is 1. The van der Waals surface area contributed by atoms with Crippen molar-refractivity contribution in [3.8, 4) is 0 Å². The van der Waals surface area contributed by atoms with Crippen LogP contribution < -0.4 is 11.3 Å². The van der Waals surface area contributed by atoms with Crippen LogP contribution in [-0.2, 0) is 6.54 Å². The maximum absolute atomic E-state index is 5.71. The molecule has 1 aromatic heterocycles. The van der Waals surface area contributed by atoms with Crippen LogP contribution in [0.1, 0.15) is 30.6 Å². The minimum atomic E-state index is -0.0175. The first kappa shape index (κ1) is 13.5. The molecule has 0 amide bonds. The Bertz CT molecular complexity index is 492. The van der Waals surface area contributed by atoms with Crippen molar-refractivity contribution in [2.24, 2.45) is 5.84 Å². The largest absolute Gasteiger partial charge is 0.271 e. The highest BCUT2D eigenvalue weighted by molar-refractivity contribution is 14.1. The molecule has 18 heavy (non-hydrogen) atoms. The van der Waals surface area contributed by atoms with E-state index in [-0.39, 0.29) is 6.04 Å². The number of aromatic nitrogens is 2. The Labute approximate surface area is 121 Å². The molecule has 5 heteroatoms. The van der Waals surface area contributed by atoms with Gasteiger partial charge >= 0.3 is 0 Å². The predicted molar refractivity (Wildman–Crippen MR) is 80.8 cm³/mol. The zero-order valence-electron chi connectivity index (χ0n) is 10.3. The molecular formula is C13H17IN4. The van der Waals surface area contributed by atoms with Crippen molar-refractivity contribution < 1.29 is 0 Å². The van der Waals surface area contributed by atoms with Crippen LogP contribution in [0.3, 0.4) is 0 Å². The highest BCUT2D eigenvalue weighted by Crippen LogP contribution is 2.22. The monoisotopic (exact) mass is 356 g/mol. The quantitative estimate of drug-likeness (QED) is 0.492. The van der Waals surface area contributed by atoms with E-state index < -0.39 is 0 Å². The first-order valence-corrected chi connectivity index (χ1v) is 7.07. The lowest BCUT2D eigenvalue weighted by molar-refractivity contribution is 0.521. The van der Waals surface area contributed by atoms with Crippen molar-refractivity contribution in [1.82, 2.24) is 15.2 Å². The van der Waals surface area contributed by atoms with E-state index in [0.717, 1.165) is 24.2 Å². The van der Waals surface area contributed by atoms with Gasteiger partial charge in [0, 0.05) is 16.3 Å². The molecule has 0 saturated carbocycles. The minimum Gasteiger partial charge on any atom is -0.271 e. The second kappa shape index (κ2) is 6.31. The van der Waals surface area contributed by atoms with E-state index in [2.05, 4.69) is 64.3 Å². The second-order valence-corrected chi connectivity index (χ2v) is 5.38. The maximum atomic E-state index is 5.71. The van der Waals surface area contributed by atoms with Gasteiger partial charge < -0.3 is 0 Å². The van der Waals surface area contributed by atoms with Gasteiger partial charge in [-0.25, -0.2) is 5.43 Å². The fraction of sp³-hybridized carbons (Fsp3) is 0.308. The summed E-state index contributed by atoms with van der Waals surface area (Å²) in [5.41, 5.74) is 5.12. The molecule has 0 bridgehead atoms. The summed E-state index contributed by atoms with van der Waals surface area (Å²) in [6, 6.07) is 10.3. The summed E-state index contributed by atoms with van der Waals surface area (Å²) in [5, 5.41) is 4.34. The van der Waals surface area contributed by atoms with Gasteiger partial charge in [-0.05, 0) is 52.8 Å². The van der Waals surface area contributed by atoms with Crippen molar-refractivity contribution in [3.63, 3.8) is 0 Å². The second-order valence-electron chi connectivity index (χ2n) is 4.13. The molecule has 2 rings (SSSR count). The Balaban J connectivity index is 2.32. The van der Waals surface area contributed by atoms with Crippen molar-refractivity contribution in [3.05, 3.63) is 51.4 Å². The van der Waals surface area contributed by atoms with Gasteiger partial charge in [0.25, 0.3) is 0 Å². The van der Waals surface area contributed by atoms with E-state index in [4.69, 9.17) is 5.84 Å². The fourth-order valence-corrected chi connectivity index (χ4v) is 2.35. The van der Waals surface area contributed by atoms with Crippen LogP contribution in [-0.4, -0.2) is 9.78 Å². The molecule has 0 radical (unpaired) electrons. The van der Waals surface area contributed by atoms with Crippen LogP contribution in [0.15, 0.2) is 36.5 Å². The van der Waals surface area contributed by atoms with Gasteiger partial charge in [0.15, 0.2) is 0 Å². The summed E-state index contributed by atoms with van der Waals surface area (Å²) in [7, 11) is 0. The molecule has 1 atom stereocenters. The van der Waals surface area contributed by atoms with E-state index >= 15 is 0 Å². The van der Waals surface area contributed by atoms with Crippen LogP contribution >= 0.6 is 22.6 Å². The number of halogens is 1. The lowest BCUT2D eigenvalue weighted by Crippen LogP contribution is -2.30. The van der Waals surface area contributed by atoms with Gasteiger partial charge in [0.05, 0.1) is 11.7 Å². The van der Waals surface area contributed by atoms with Gasteiger partial charge in [-0.2, -0.15) is 5.10 Å². The molecule has 3 N–H and O–H groups in total. The summed E-state index contributed by atoms with van der Waals surface area (Å²) < 4.78 is 3.22. The molecule has 4 nitrogen and oxygen atoms in total. The Hall–Kier alpha value is -0.920. The summed E-state index contributed by atoms with van der Waals surface area (Å²) in [6.45, 7) is 3.05. The Kier molecular flexibility index (Phi) is 4.73. The average Bonchev–Trinajstić information content (AvgIpc) is 2.82. The molecule has 96 valence electrons. The van der Waals surface area contributed by atoms with Crippen LogP contribution in [0.2, 0.25) is 0 Å². The molecule has 0 fully saturated rings. The van der Waals surface area contributed by atoms with Crippen molar-refractivity contribution >= 4 is 22.6 Å². The Morgan fingerprint density at radius 3 is 2.67 bits per heavy atom. The predicted octanol–water partition coefficient (Wildman–Crippen LogP) is 2.45. The highest BCUT2D eigenvalue weighted by Gasteiger charge is 2.16. The summed E-state index contributed by atoms with van der Waals surface area (Å²) >= 11 is 2.30. The lowest BCUT2D eigenvalue weighted by atomic mass is 10.0. The molecular weight excluding hydrogens is 339 g/mol. The molecule has 1 aromatic carbocycles. The summed E-state index contributed by atoms with van der Waals surface area (Å²) in [4.78, 5) is 0. The van der Waals surface area contributed by atoms with E-state index in [0.29, 0.717) is 0 Å². The van der Waals surface area contributed by atoms with E-state index in [1.807, 2.05) is 16.9 Å². The molecule has 0 saturated heterocycles. The normalized spacial score (nSPS) is 12.6. The van der Waals surface area contributed by atoms with Crippen LogP contribution in [0.25, 0.3) is 0 Å². The van der Waals surface area contributed by atoms with Gasteiger partial charge in [-0.3, -0.25) is 10.5 Å². The Morgan fingerprint density at radius 2 is 2.06 bits per heavy atom. The van der Waals surface area contributed by atoms with Gasteiger partial charge in [-0.1, -0.05) is 19.1 Å². The molecule has 1 heterocycles. The molecule has 0 aliphatic carbocycles. The van der Waals surface area contributed by atoms with Crippen molar-refractivity contribution in [1.29, 1.82) is 0 Å². The van der Waals surface area contributed by atoms with Gasteiger partial charge in [0.2, 0.25) is 0 Å². The average molecular weight is 356 g/mol. The van der Waals surface area contributed by atoms with Gasteiger partial charge in [0.1, 0.15) is 0 Å². The van der Waals surface area contributed by atoms with E-state index in [9.17, 15) is 0 Å².